The van der Waals surface area contributed by atoms with Crippen molar-refractivity contribution in [2.24, 2.45) is 11.3 Å². The maximum absolute atomic E-state index is 15.6. The maximum Gasteiger partial charge on any atom is 0.328 e. The second-order valence-electron chi connectivity index (χ2n) is 36.7. The Labute approximate surface area is 720 Å². The second-order valence-corrected chi connectivity index (χ2v) is 36.7. The third-order valence-electron chi connectivity index (χ3n) is 28.9. The van der Waals surface area contributed by atoms with E-state index in [2.05, 4.69) is 102 Å². The predicted molar refractivity (Wildman–Crippen MR) is 474 cm³/mol. The average molecular weight is 1670 g/mol. The van der Waals surface area contributed by atoms with Gasteiger partial charge in [0.15, 0.2) is 0 Å². The Hall–Kier alpha value is -9.65. The zero-order valence-corrected chi connectivity index (χ0v) is 71.4. The van der Waals surface area contributed by atoms with E-state index in [0.29, 0.717) is 62.0 Å². The van der Waals surface area contributed by atoms with Gasteiger partial charge in [-0.05, 0) is 316 Å². The molecular weight excluding hydrogens is 1560 g/mol. The Morgan fingerprint density at radius 2 is 0.756 bits per heavy atom. The summed E-state index contributed by atoms with van der Waals surface area (Å²) in [5.74, 6) is -4.64. The van der Waals surface area contributed by atoms with Crippen molar-refractivity contribution in [2.45, 2.75) is 224 Å². The number of carboxylic acids is 1. The van der Waals surface area contributed by atoms with E-state index in [-0.39, 0.29) is 69.5 Å². The zero-order chi connectivity index (χ0) is 86.3. The van der Waals surface area contributed by atoms with E-state index in [1.54, 1.807) is 36.5 Å². The van der Waals surface area contributed by atoms with Crippen molar-refractivity contribution in [3.05, 3.63) is 328 Å². The van der Waals surface area contributed by atoms with Crippen molar-refractivity contribution in [1.29, 1.82) is 0 Å². The second kappa shape index (κ2) is 35.1. The molecule has 14 aliphatic rings. The molecule has 0 unspecified atom stereocenters. The molecule has 8 nitrogen and oxygen atoms in total. The van der Waals surface area contributed by atoms with E-state index in [1.807, 2.05) is 63.2 Å². The van der Waals surface area contributed by atoms with Crippen molar-refractivity contribution in [3.8, 4) is 0 Å². The number of nitrogens with zero attached hydrogens (tertiary/aromatic N) is 4. The van der Waals surface area contributed by atoms with Gasteiger partial charge in [-0.25, -0.2) is 39.9 Å². The Kier molecular flexibility index (Phi) is 23.6. The lowest BCUT2D eigenvalue weighted by molar-refractivity contribution is -0.134. The van der Waals surface area contributed by atoms with E-state index in [9.17, 15) is 6.17 Å². The summed E-state index contributed by atoms with van der Waals surface area (Å²) in [6.07, 6.45) is 29.1. The number of carbonyl (C=O) groups is 1. The van der Waals surface area contributed by atoms with Gasteiger partial charge in [0.2, 0.25) is 0 Å². The standard InChI is InChI=1S/C28H29F2NO2.C28H29F2N.C26H27F2NO.C25H25F2NO/c1-17-13-22-21-10-6-5-7-19(21)16-23(22)28(31(17)20-8-3-2-4-9-20)27-24(29)14-18(15-25(27)30)11-12-26(32)33;1-3-6-18-10-24(29)26(25(30)11-18)27-23-12-20-7-4-5-8-21(20)22(23)9-17(2)31(27)16-28-13-19(14-28)15-28;1-3-6-17-12-23(27)25(24(28)13-17)26-22-14-18-7-4-5-8-20(18)21(22)11-16(2)29(26)19-9-10-30-15-19;1-3-6-16-10-22(26)24(23(27)11-16)25-21-12-17-7-4-5-8-19(17)20(21)9-15(2)28(25)18-13-29-14-18/h5-7,10-12,14-15,17,20,28H,2-4,8-9,13,16H2,1H3,(H,32,33);3-8,10-11,17,19,27H,9,12-16H2,1-2H3;3-8,12-13,16,19,26H,9-11,14-15H2,1-2H3;3-8,10-11,15,18,25H,9,12-14H2,1-2H3/b12-11+;3*6-3+/t17-,28+;17-,19?,27+,28?;16-,19+,26+;15-,25+/m1111/s1/i;27D;;. The Balaban J connectivity index is 0.000000113. The molecule has 2 saturated heterocycles. The molecule has 0 radical (unpaired) electrons. The van der Waals surface area contributed by atoms with Gasteiger partial charge < -0.3 is 14.6 Å². The van der Waals surface area contributed by atoms with Crippen molar-refractivity contribution in [2.75, 3.05) is 33.0 Å². The van der Waals surface area contributed by atoms with E-state index in [0.717, 1.165) is 123 Å². The average Bonchev–Trinajstić information content (AvgIpc) is 1.15. The first kappa shape index (κ1) is 82.9. The molecule has 16 heteroatoms. The minimum atomic E-state index is -1.54. The summed E-state index contributed by atoms with van der Waals surface area (Å²) in [6, 6.07) is 42.9. The summed E-state index contributed by atoms with van der Waals surface area (Å²) in [4.78, 5) is 20.0. The van der Waals surface area contributed by atoms with Crippen LogP contribution in [0.25, 0.3) is 46.6 Å². The number of fused-ring (bicyclic) bond motifs is 8. The molecule has 0 amide bonds. The summed E-state index contributed by atoms with van der Waals surface area (Å²) in [6.45, 7) is 17.5. The molecule has 6 fully saturated rings. The molecule has 8 aliphatic carbocycles. The van der Waals surface area contributed by atoms with Gasteiger partial charge >= 0.3 is 5.97 Å². The molecule has 0 spiro atoms. The number of allylic oxidation sites excluding steroid dienone is 3. The first-order valence-corrected chi connectivity index (χ1v) is 44.7. The Morgan fingerprint density at radius 1 is 0.423 bits per heavy atom. The highest BCUT2D eigenvalue weighted by Crippen LogP contribution is 2.66. The van der Waals surface area contributed by atoms with Crippen molar-refractivity contribution < 1.29 is 55.9 Å². The van der Waals surface area contributed by atoms with Crippen LogP contribution in [0.15, 0.2) is 192 Å². The number of hydrogen-bond acceptors (Lipinski definition) is 7. The Bertz CT molecular complexity index is 5670. The molecule has 1 N–H and O–H groups in total. The number of benzene rings is 8. The highest BCUT2D eigenvalue weighted by Gasteiger charge is 2.59. The van der Waals surface area contributed by atoms with Gasteiger partial charge in [-0.15, -0.1) is 0 Å². The number of halogens is 8. The molecule has 9 atom stereocenters. The maximum atomic E-state index is 15.6. The molecule has 4 saturated carbocycles. The van der Waals surface area contributed by atoms with Gasteiger partial charge in [0.1, 0.15) is 46.5 Å². The fourth-order valence-corrected chi connectivity index (χ4v) is 23.6. The fraction of sp³-hybridized carbons (Fsp3) is 0.393. The first-order valence-electron chi connectivity index (χ1n) is 45.2. The molecule has 8 aromatic carbocycles. The highest BCUT2D eigenvalue weighted by molar-refractivity contribution is 5.86. The summed E-state index contributed by atoms with van der Waals surface area (Å²) in [7, 11) is 0. The smallest absolute Gasteiger partial charge is 0.328 e. The molecule has 638 valence electrons. The van der Waals surface area contributed by atoms with Gasteiger partial charge in [-0.2, -0.15) is 0 Å². The number of aliphatic carboxylic acids is 1. The molecule has 22 rings (SSSR count). The van der Waals surface area contributed by atoms with Gasteiger partial charge in [0.25, 0.3) is 0 Å². The summed E-state index contributed by atoms with van der Waals surface area (Å²) >= 11 is 0. The number of rotatable bonds is 14. The summed E-state index contributed by atoms with van der Waals surface area (Å²) in [5.41, 5.74) is 21.4. The normalized spacial score (nSPS) is 27.3. The molecule has 2 bridgehead atoms. The number of hydrogen-bond donors (Lipinski definition) is 1. The Morgan fingerprint density at radius 3 is 1.10 bits per heavy atom. The predicted octanol–water partition coefficient (Wildman–Crippen LogP) is 25.0. The fourth-order valence-electron chi connectivity index (χ4n) is 23.6. The molecular formula is C107H110F8N4O4. The highest BCUT2D eigenvalue weighted by atomic mass is 19.2. The van der Waals surface area contributed by atoms with Gasteiger partial charge in [-0.3, -0.25) is 19.6 Å². The van der Waals surface area contributed by atoms with Crippen molar-refractivity contribution in [1.82, 2.24) is 19.6 Å². The lowest BCUT2D eigenvalue weighted by Crippen LogP contribution is -2.59. The molecule has 8 aromatic rings. The van der Waals surface area contributed by atoms with Crippen LogP contribution in [0.1, 0.15) is 246 Å². The van der Waals surface area contributed by atoms with Crippen LogP contribution in [-0.2, 0) is 40.0 Å². The minimum absolute atomic E-state index is 0.0421. The van der Waals surface area contributed by atoms with Gasteiger partial charge in [0, 0.05) is 77.7 Å². The molecule has 123 heavy (non-hydrogen) atoms. The van der Waals surface area contributed by atoms with Crippen molar-refractivity contribution in [3.63, 3.8) is 0 Å². The van der Waals surface area contributed by atoms with Crippen LogP contribution in [0.2, 0.25) is 0 Å². The topological polar surface area (TPSA) is 68.7 Å². The SMILES string of the molecule is C/C=C/c1cc(F)c([C@@H]2C3=C(C[C@@H](C)N2C2COC2)c2ccccc2C3)c(F)c1.C/C=C/c1cc(F)c([C@@H]2C3=C(C[C@@H](C)N2[C@H]2CCOC2)c2ccccc2C3)c(F)c1.C[C@@H]1CC2=C(Cc3ccccc32)[C@@H](c2c(F)cc(/C=C/C(=O)O)cc2F)N1C1CCCCC1.[2H][C@@]1(c2c(F)cc(/C=C/C)cc2F)C2=C(C[C@@H](C)N1CC13CC(C1)C3)c1ccccc1C2. The van der Waals surface area contributed by atoms with Crippen LogP contribution < -0.4 is 0 Å². The largest absolute Gasteiger partial charge is 0.478 e. The lowest BCUT2D eigenvalue weighted by atomic mass is 9.44. The third kappa shape index (κ3) is 15.9. The number of carboxylic acid groups (broad SMARTS) is 1. The quantitative estimate of drug-likeness (QED) is 0.0853. The van der Waals surface area contributed by atoms with Crippen molar-refractivity contribution >= 4 is 52.6 Å². The number of ether oxygens (including phenoxy) is 2. The van der Waals surface area contributed by atoms with E-state index in [4.69, 9.17) is 14.6 Å². The summed E-state index contributed by atoms with van der Waals surface area (Å²) < 4.78 is 145. The minimum Gasteiger partial charge on any atom is -0.478 e. The van der Waals surface area contributed by atoms with Gasteiger partial charge in [0.05, 0.1) is 51.4 Å². The van der Waals surface area contributed by atoms with Crippen LogP contribution in [0.3, 0.4) is 0 Å². The third-order valence-corrected chi connectivity index (χ3v) is 28.9. The monoisotopic (exact) mass is 1670 g/mol. The summed E-state index contributed by atoms with van der Waals surface area (Å²) in [5, 5.41) is 8.88. The van der Waals surface area contributed by atoms with Crippen LogP contribution in [0.5, 0.6) is 0 Å². The lowest BCUT2D eigenvalue weighted by Gasteiger charge is -2.64. The molecule has 6 heterocycles. The van der Waals surface area contributed by atoms with Crippen LogP contribution in [0, 0.1) is 57.9 Å². The van der Waals surface area contributed by atoms with Crippen LogP contribution in [0.4, 0.5) is 35.1 Å². The van der Waals surface area contributed by atoms with E-state index in [1.165, 1.54) is 136 Å². The zero-order valence-electron chi connectivity index (χ0n) is 72.4. The first-order chi connectivity index (χ1) is 59.9. The van der Waals surface area contributed by atoms with E-state index < -0.39 is 76.7 Å². The van der Waals surface area contributed by atoms with Crippen LogP contribution in [-0.4, -0.2) is 106 Å². The van der Waals surface area contributed by atoms with Crippen LogP contribution >= 0.6 is 0 Å². The molecule has 6 aliphatic heterocycles. The molecule has 0 aromatic heterocycles. The van der Waals surface area contributed by atoms with Gasteiger partial charge in [-0.1, -0.05) is 153 Å². The van der Waals surface area contributed by atoms with E-state index >= 15 is 35.1 Å².